The van der Waals surface area contributed by atoms with Gasteiger partial charge >= 0.3 is 0 Å². The number of nitrogens with two attached hydrogens (primary N) is 1. The predicted molar refractivity (Wildman–Crippen MR) is 62.9 cm³/mol. The number of nitrogen functional groups attached to an aromatic ring is 1. The molecule has 1 rings (SSSR count). The van der Waals surface area contributed by atoms with Crippen molar-refractivity contribution < 1.29 is 4.92 Å². The van der Waals surface area contributed by atoms with Gasteiger partial charge in [0.15, 0.2) is 0 Å². The van der Waals surface area contributed by atoms with Crippen molar-refractivity contribution in [1.29, 1.82) is 0 Å². The van der Waals surface area contributed by atoms with Gasteiger partial charge in [-0.15, -0.1) is 0 Å². The number of hydrogen-bond acceptors (Lipinski definition) is 4. The molecule has 16 heavy (non-hydrogen) atoms. The first kappa shape index (κ1) is 12.0. The highest BCUT2D eigenvalue weighted by Gasteiger charge is 2.10. The standard InChI is InChI=1S/C11H13N3O2/c1-13-7-3-2-4-9-5-6-10(12)11(8-9)14(15)16/h5-6,8,13H,3,7,12H2,1H3. The molecule has 0 atom stereocenters. The largest absolute Gasteiger partial charge is 0.393 e. The molecule has 3 N–H and O–H groups in total. The van der Waals surface area contributed by atoms with Crippen molar-refractivity contribution in [2.24, 2.45) is 0 Å². The van der Waals surface area contributed by atoms with Gasteiger partial charge in [-0.25, -0.2) is 0 Å². The zero-order valence-corrected chi connectivity index (χ0v) is 8.99. The monoisotopic (exact) mass is 219 g/mol. The third kappa shape index (κ3) is 3.26. The number of nitrogens with one attached hydrogen (secondary N) is 1. The third-order valence-electron chi connectivity index (χ3n) is 1.96. The Hall–Kier alpha value is -2.06. The van der Waals surface area contributed by atoms with Crippen LogP contribution in [0, 0.1) is 22.0 Å². The number of benzene rings is 1. The summed E-state index contributed by atoms with van der Waals surface area (Å²) in [6.45, 7) is 0.796. The van der Waals surface area contributed by atoms with Crippen LogP contribution >= 0.6 is 0 Å². The van der Waals surface area contributed by atoms with E-state index in [0.29, 0.717) is 12.0 Å². The van der Waals surface area contributed by atoms with E-state index in [4.69, 9.17) is 5.73 Å². The maximum Gasteiger partial charge on any atom is 0.293 e. The number of hydrogen-bond donors (Lipinski definition) is 2. The van der Waals surface area contributed by atoms with E-state index in [9.17, 15) is 10.1 Å². The zero-order chi connectivity index (χ0) is 12.0. The van der Waals surface area contributed by atoms with Gasteiger partial charge in [0.2, 0.25) is 0 Å². The van der Waals surface area contributed by atoms with Crippen molar-refractivity contribution >= 4 is 11.4 Å². The van der Waals surface area contributed by atoms with Crippen LogP contribution in [-0.4, -0.2) is 18.5 Å². The lowest BCUT2D eigenvalue weighted by molar-refractivity contribution is -0.383. The average molecular weight is 219 g/mol. The zero-order valence-electron chi connectivity index (χ0n) is 8.99. The van der Waals surface area contributed by atoms with Crippen LogP contribution in [0.1, 0.15) is 12.0 Å². The van der Waals surface area contributed by atoms with Crippen LogP contribution < -0.4 is 11.1 Å². The molecule has 1 aromatic carbocycles. The normalized spacial score (nSPS) is 9.31. The smallest absolute Gasteiger partial charge is 0.293 e. The van der Waals surface area contributed by atoms with Gasteiger partial charge in [-0.1, -0.05) is 11.8 Å². The van der Waals surface area contributed by atoms with Crippen molar-refractivity contribution in [1.82, 2.24) is 5.32 Å². The lowest BCUT2D eigenvalue weighted by Gasteiger charge is -1.96. The minimum atomic E-state index is -0.506. The third-order valence-corrected chi connectivity index (χ3v) is 1.96. The van der Waals surface area contributed by atoms with E-state index >= 15 is 0 Å². The second kappa shape index (κ2) is 5.73. The van der Waals surface area contributed by atoms with E-state index in [-0.39, 0.29) is 11.4 Å². The lowest BCUT2D eigenvalue weighted by Crippen LogP contribution is -2.05. The molecule has 0 spiro atoms. The Balaban J connectivity index is 2.85. The molecular weight excluding hydrogens is 206 g/mol. The molecular formula is C11H13N3O2. The van der Waals surface area contributed by atoms with Crippen LogP contribution in [0.25, 0.3) is 0 Å². The topological polar surface area (TPSA) is 81.2 Å². The number of anilines is 1. The summed E-state index contributed by atoms with van der Waals surface area (Å²) in [5.41, 5.74) is 6.14. The second-order valence-electron chi connectivity index (χ2n) is 3.19. The molecule has 0 fully saturated rings. The average Bonchev–Trinajstić information content (AvgIpc) is 2.26. The first-order valence-corrected chi connectivity index (χ1v) is 4.82. The minimum Gasteiger partial charge on any atom is -0.393 e. The summed E-state index contributed by atoms with van der Waals surface area (Å²) < 4.78 is 0. The SMILES string of the molecule is CNCCC#Cc1ccc(N)c([N+](=O)[O-])c1. The number of rotatable bonds is 3. The van der Waals surface area contributed by atoms with Gasteiger partial charge in [0.05, 0.1) is 4.92 Å². The van der Waals surface area contributed by atoms with E-state index in [1.807, 2.05) is 7.05 Å². The Morgan fingerprint density at radius 1 is 1.56 bits per heavy atom. The molecule has 0 radical (unpaired) electrons. The van der Waals surface area contributed by atoms with Gasteiger partial charge in [-0.2, -0.15) is 0 Å². The summed E-state index contributed by atoms with van der Waals surface area (Å²) in [7, 11) is 1.84. The highest BCUT2D eigenvalue weighted by molar-refractivity contribution is 5.61. The summed E-state index contributed by atoms with van der Waals surface area (Å²) >= 11 is 0. The van der Waals surface area contributed by atoms with E-state index in [1.165, 1.54) is 12.1 Å². The summed E-state index contributed by atoms with van der Waals surface area (Å²) in [5.74, 6) is 5.76. The maximum absolute atomic E-state index is 10.6. The molecule has 0 saturated heterocycles. The van der Waals surface area contributed by atoms with Crippen LogP contribution in [0.3, 0.4) is 0 Å². The molecule has 5 nitrogen and oxygen atoms in total. The number of nitro groups is 1. The molecule has 0 aliphatic rings. The summed E-state index contributed by atoms with van der Waals surface area (Å²) in [6, 6.07) is 4.57. The fourth-order valence-electron chi connectivity index (χ4n) is 1.13. The molecule has 5 heteroatoms. The van der Waals surface area contributed by atoms with Crippen LogP contribution in [-0.2, 0) is 0 Å². The Morgan fingerprint density at radius 3 is 2.94 bits per heavy atom. The van der Waals surface area contributed by atoms with Crippen molar-refractivity contribution in [3.63, 3.8) is 0 Å². The number of nitro benzene ring substituents is 1. The van der Waals surface area contributed by atoms with Crippen LogP contribution in [0.4, 0.5) is 11.4 Å². The van der Waals surface area contributed by atoms with Gasteiger partial charge < -0.3 is 11.1 Å². The molecule has 84 valence electrons. The van der Waals surface area contributed by atoms with Crippen molar-refractivity contribution in [2.45, 2.75) is 6.42 Å². The molecule has 0 unspecified atom stereocenters. The summed E-state index contributed by atoms with van der Waals surface area (Å²) in [6.07, 6.45) is 0.703. The van der Waals surface area contributed by atoms with Crippen molar-refractivity contribution in [3.05, 3.63) is 33.9 Å². The molecule has 0 amide bonds. The molecule has 0 aromatic heterocycles. The fourth-order valence-corrected chi connectivity index (χ4v) is 1.13. The predicted octanol–water partition coefficient (Wildman–Crippen LogP) is 1.14. The molecule has 0 bridgehead atoms. The molecule has 0 saturated carbocycles. The van der Waals surface area contributed by atoms with Gasteiger partial charge in [-0.3, -0.25) is 10.1 Å². The van der Waals surface area contributed by atoms with E-state index in [2.05, 4.69) is 17.2 Å². The Bertz CT molecular complexity index is 446. The number of nitrogens with zero attached hydrogens (tertiary/aromatic N) is 1. The van der Waals surface area contributed by atoms with E-state index in [1.54, 1.807) is 6.07 Å². The molecule has 0 aliphatic carbocycles. The van der Waals surface area contributed by atoms with E-state index < -0.39 is 4.92 Å². The van der Waals surface area contributed by atoms with Crippen LogP contribution in [0.2, 0.25) is 0 Å². The lowest BCUT2D eigenvalue weighted by atomic mass is 10.2. The molecule has 0 aliphatic heterocycles. The van der Waals surface area contributed by atoms with Crippen molar-refractivity contribution in [3.8, 4) is 11.8 Å². The Labute approximate surface area is 93.8 Å². The first-order chi connectivity index (χ1) is 7.65. The van der Waals surface area contributed by atoms with Gasteiger partial charge in [-0.05, 0) is 19.2 Å². The highest BCUT2D eigenvalue weighted by Crippen LogP contribution is 2.21. The fraction of sp³-hybridized carbons (Fsp3) is 0.273. The molecule has 1 aromatic rings. The van der Waals surface area contributed by atoms with E-state index in [0.717, 1.165) is 6.54 Å². The summed E-state index contributed by atoms with van der Waals surface area (Å²) in [5, 5.41) is 13.6. The van der Waals surface area contributed by atoms with Crippen LogP contribution in [0.15, 0.2) is 18.2 Å². The molecule has 0 heterocycles. The Morgan fingerprint density at radius 2 is 2.31 bits per heavy atom. The Kier molecular flexibility index (Phi) is 4.30. The van der Waals surface area contributed by atoms with Gasteiger partial charge in [0.1, 0.15) is 5.69 Å². The minimum absolute atomic E-state index is 0.0968. The first-order valence-electron chi connectivity index (χ1n) is 4.82. The van der Waals surface area contributed by atoms with Gasteiger partial charge in [0, 0.05) is 24.6 Å². The van der Waals surface area contributed by atoms with Crippen molar-refractivity contribution in [2.75, 3.05) is 19.3 Å². The van der Waals surface area contributed by atoms with Crippen LogP contribution in [0.5, 0.6) is 0 Å². The second-order valence-corrected chi connectivity index (χ2v) is 3.19. The van der Waals surface area contributed by atoms with Gasteiger partial charge in [0.25, 0.3) is 5.69 Å². The highest BCUT2D eigenvalue weighted by atomic mass is 16.6. The maximum atomic E-state index is 10.6. The summed E-state index contributed by atoms with van der Waals surface area (Å²) in [4.78, 5) is 10.1. The quantitative estimate of drug-likeness (QED) is 0.262.